The van der Waals surface area contributed by atoms with Crippen LogP contribution in [0.25, 0.3) is 0 Å². The van der Waals surface area contributed by atoms with Crippen LogP contribution in [0.2, 0.25) is 0 Å². The quantitative estimate of drug-likeness (QED) is 0.881. The highest BCUT2D eigenvalue weighted by atomic mass is 16.4. The van der Waals surface area contributed by atoms with Gasteiger partial charge in [-0.05, 0) is 50.5 Å². The molecule has 1 aromatic rings. The summed E-state index contributed by atoms with van der Waals surface area (Å²) in [5, 5.41) is 11.2. The second kappa shape index (κ2) is 6.41. The Hall–Kier alpha value is -2.04. The van der Waals surface area contributed by atoms with Crippen molar-refractivity contribution >= 4 is 17.6 Å². The van der Waals surface area contributed by atoms with Gasteiger partial charge in [0.2, 0.25) is 0 Å². The van der Waals surface area contributed by atoms with Gasteiger partial charge >= 0.3 is 5.97 Å². The number of benzene rings is 1. The van der Waals surface area contributed by atoms with Gasteiger partial charge in [-0.1, -0.05) is 0 Å². The van der Waals surface area contributed by atoms with Gasteiger partial charge < -0.3 is 15.3 Å². The number of nitrogens with one attached hydrogen (secondary N) is 1. The molecule has 1 heterocycles. The second-order valence-corrected chi connectivity index (χ2v) is 5.13. The normalized spacial score (nSPS) is 16.6. The Balaban J connectivity index is 2.00. The average molecular weight is 276 g/mol. The number of piperidine rings is 1. The first-order valence-corrected chi connectivity index (χ1v) is 6.96. The van der Waals surface area contributed by atoms with Crippen LogP contribution >= 0.6 is 0 Å². The van der Waals surface area contributed by atoms with Gasteiger partial charge in [-0.2, -0.15) is 0 Å². The Morgan fingerprint density at radius 1 is 1.15 bits per heavy atom. The Kier molecular flexibility index (Phi) is 4.61. The molecule has 108 valence electrons. The van der Waals surface area contributed by atoms with Crippen molar-refractivity contribution in [3.8, 4) is 0 Å². The third-order valence-electron chi connectivity index (χ3n) is 3.57. The molecule has 20 heavy (non-hydrogen) atoms. The van der Waals surface area contributed by atoms with Crippen molar-refractivity contribution < 1.29 is 14.7 Å². The molecular weight excluding hydrogens is 256 g/mol. The molecular formula is C15H20N2O3. The van der Waals surface area contributed by atoms with Crippen molar-refractivity contribution in [3.63, 3.8) is 0 Å². The smallest absolute Gasteiger partial charge is 0.325 e. The summed E-state index contributed by atoms with van der Waals surface area (Å²) < 4.78 is 0. The maximum atomic E-state index is 11.9. The summed E-state index contributed by atoms with van der Waals surface area (Å²) in [4.78, 5) is 24.9. The number of anilines is 1. The lowest BCUT2D eigenvalue weighted by Crippen LogP contribution is -2.38. The summed E-state index contributed by atoms with van der Waals surface area (Å²) in [5.41, 5.74) is 1.60. The van der Waals surface area contributed by atoms with Crippen molar-refractivity contribution in [1.82, 2.24) is 5.32 Å². The molecule has 0 radical (unpaired) electrons. The largest absolute Gasteiger partial charge is 0.480 e. The van der Waals surface area contributed by atoms with Crippen LogP contribution in [0.15, 0.2) is 24.3 Å². The Bertz CT molecular complexity index is 478. The molecule has 0 aromatic heterocycles. The van der Waals surface area contributed by atoms with Crippen LogP contribution in [0.5, 0.6) is 0 Å². The van der Waals surface area contributed by atoms with E-state index in [0.717, 1.165) is 18.8 Å². The lowest BCUT2D eigenvalue weighted by atomic mass is 10.1. The summed E-state index contributed by atoms with van der Waals surface area (Å²) in [6, 6.07) is 6.45. The molecule has 0 unspecified atom stereocenters. The number of aliphatic carboxylic acids is 1. The molecule has 2 N–H and O–H groups in total. The zero-order valence-corrected chi connectivity index (χ0v) is 11.6. The van der Waals surface area contributed by atoms with Crippen molar-refractivity contribution in [2.75, 3.05) is 18.0 Å². The number of hydrogen-bond acceptors (Lipinski definition) is 3. The van der Waals surface area contributed by atoms with Crippen LogP contribution in [-0.4, -0.2) is 36.1 Å². The molecule has 1 aliphatic rings. The summed E-state index contributed by atoms with van der Waals surface area (Å²) >= 11 is 0. The molecule has 2 rings (SSSR count). The average Bonchev–Trinajstić information content (AvgIpc) is 2.48. The molecule has 1 amide bonds. The summed E-state index contributed by atoms with van der Waals surface area (Å²) in [6.07, 6.45) is 3.70. The summed E-state index contributed by atoms with van der Waals surface area (Å²) in [5.74, 6) is -1.40. The maximum absolute atomic E-state index is 11.9. The van der Waals surface area contributed by atoms with E-state index in [1.165, 1.54) is 26.2 Å². The molecule has 1 saturated heterocycles. The maximum Gasteiger partial charge on any atom is 0.325 e. The molecule has 1 aromatic carbocycles. The van der Waals surface area contributed by atoms with E-state index in [2.05, 4.69) is 10.2 Å². The molecule has 5 nitrogen and oxygen atoms in total. The molecule has 0 spiro atoms. The second-order valence-electron chi connectivity index (χ2n) is 5.13. The minimum atomic E-state index is -1.04. The van der Waals surface area contributed by atoms with Gasteiger partial charge in [0.1, 0.15) is 6.04 Å². The van der Waals surface area contributed by atoms with Gasteiger partial charge in [0.05, 0.1) is 0 Å². The van der Waals surface area contributed by atoms with Crippen LogP contribution in [0, 0.1) is 0 Å². The summed E-state index contributed by atoms with van der Waals surface area (Å²) in [7, 11) is 0. The van der Waals surface area contributed by atoms with E-state index in [4.69, 9.17) is 5.11 Å². The number of carbonyl (C=O) groups is 2. The van der Waals surface area contributed by atoms with Crippen molar-refractivity contribution in [3.05, 3.63) is 29.8 Å². The number of carboxylic acid groups (broad SMARTS) is 1. The zero-order valence-electron chi connectivity index (χ0n) is 11.6. The number of amides is 1. The van der Waals surface area contributed by atoms with E-state index >= 15 is 0 Å². The van der Waals surface area contributed by atoms with E-state index in [1.54, 1.807) is 12.1 Å². The van der Waals surface area contributed by atoms with Crippen LogP contribution in [-0.2, 0) is 4.79 Å². The van der Waals surface area contributed by atoms with Crippen LogP contribution in [0.1, 0.15) is 36.5 Å². The highest BCUT2D eigenvalue weighted by Gasteiger charge is 2.16. The van der Waals surface area contributed by atoms with Gasteiger partial charge in [-0.15, -0.1) is 0 Å². The van der Waals surface area contributed by atoms with Crippen molar-refractivity contribution in [1.29, 1.82) is 0 Å². The SMILES string of the molecule is C[C@@H](NC(=O)c1ccc(N2CCCCC2)cc1)C(=O)O. The van der Waals surface area contributed by atoms with Crippen molar-refractivity contribution in [2.24, 2.45) is 0 Å². The first kappa shape index (κ1) is 14.4. The van der Waals surface area contributed by atoms with Gasteiger partial charge in [0.25, 0.3) is 5.91 Å². The first-order chi connectivity index (χ1) is 9.58. The first-order valence-electron chi connectivity index (χ1n) is 6.96. The molecule has 1 atom stereocenters. The monoisotopic (exact) mass is 276 g/mol. The Labute approximate surface area is 118 Å². The molecule has 0 aliphatic carbocycles. The van der Waals surface area contributed by atoms with Gasteiger partial charge in [0.15, 0.2) is 0 Å². The van der Waals surface area contributed by atoms with E-state index in [0.29, 0.717) is 5.56 Å². The number of hydrogen-bond donors (Lipinski definition) is 2. The number of rotatable bonds is 4. The molecule has 5 heteroatoms. The topological polar surface area (TPSA) is 69.6 Å². The van der Waals surface area contributed by atoms with E-state index in [1.807, 2.05) is 12.1 Å². The van der Waals surface area contributed by atoms with Gasteiger partial charge in [-0.25, -0.2) is 0 Å². The lowest BCUT2D eigenvalue weighted by molar-refractivity contribution is -0.138. The third kappa shape index (κ3) is 3.50. The highest BCUT2D eigenvalue weighted by molar-refractivity contribution is 5.96. The minimum absolute atomic E-state index is 0.356. The van der Waals surface area contributed by atoms with Gasteiger partial charge in [0, 0.05) is 24.3 Å². The number of carboxylic acids is 1. The molecule has 1 fully saturated rings. The van der Waals surface area contributed by atoms with Crippen LogP contribution < -0.4 is 10.2 Å². The standard InChI is InChI=1S/C15H20N2O3/c1-11(15(19)20)16-14(18)12-5-7-13(8-6-12)17-9-3-2-4-10-17/h5-8,11H,2-4,9-10H2,1H3,(H,16,18)(H,19,20)/t11-/m1/s1. The van der Waals surface area contributed by atoms with Crippen molar-refractivity contribution in [2.45, 2.75) is 32.2 Å². The predicted octanol–water partition coefficient (Wildman–Crippen LogP) is 1.88. The third-order valence-corrected chi connectivity index (χ3v) is 3.57. The van der Waals surface area contributed by atoms with Crippen LogP contribution in [0.4, 0.5) is 5.69 Å². The fourth-order valence-electron chi connectivity index (χ4n) is 2.32. The lowest BCUT2D eigenvalue weighted by Gasteiger charge is -2.28. The molecule has 0 bridgehead atoms. The fourth-order valence-corrected chi connectivity index (χ4v) is 2.32. The summed E-state index contributed by atoms with van der Waals surface area (Å²) in [6.45, 7) is 3.56. The molecule has 0 saturated carbocycles. The minimum Gasteiger partial charge on any atom is -0.480 e. The molecule has 1 aliphatic heterocycles. The van der Waals surface area contributed by atoms with E-state index in [-0.39, 0.29) is 5.91 Å². The van der Waals surface area contributed by atoms with E-state index < -0.39 is 12.0 Å². The highest BCUT2D eigenvalue weighted by Crippen LogP contribution is 2.20. The van der Waals surface area contributed by atoms with Gasteiger partial charge in [-0.3, -0.25) is 9.59 Å². The predicted molar refractivity (Wildman–Crippen MR) is 77.1 cm³/mol. The Morgan fingerprint density at radius 3 is 2.30 bits per heavy atom. The number of carbonyl (C=O) groups excluding carboxylic acids is 1. The zero-order chi connectivity index (χ0) is 14.5. The number of nitrogens with zero attached hydrogens (tertiary/aromatic N) is 1. The van der Waals surface area contributed by atoms with E-state index in [9.17, 15) is 9.59 Å². The van der Waals surface area contributed by atoms with Crippen LogP contribution in [0.3, 0.4) is 0 Å². The Morgan fingerprint density at radius 2 is 1.75 bits per heavy atom. The fraction of sp³-hybridized carbons (Fsp3) is 0.467.